The van der Waals surface area contributed by atoms with Gasteiger partial charge in [0.1, 0.15) is 18.0 Å². The number of benzene rings is 3. The molecule has 0 saturated heterocycles. The van der Waals surface area contributed by atoms with Crippen LogP contribution < -0.4 is 14.4 Å². The van der Waals surface area contributed by atoms with Crippen molar-refractivity contribution in [2.24, 2.45) is 0 Å². The lowest BCUT2D eigenvalue weighted by Crippen LogP contribution is -2.37. The topological polar surface area (TPSA) is 75.7 Å². The second-order valence-electron chi connectivity index (χ2n) is 6.23. The quantitative estimate of drug-likeness (QED) is 0.597. The molecule has 29 heavy (non-hydrogen) atoms. The highest BCUT2D eigenvalue weighted by molar-refractivity contribution is 7.92. The Hall–Kier alpha value is -3.03. The van der Waals surface area contributed by atoms with Gasteiger partial charge in [0.25, 0.3) is 0 Å². The monoisotopic (exact) mass is 430 g/mol. The summed E-state index contributed by atoms with van der Waals surface area (Å²) in [7, 11) is -3.67. The van der Waals surface area contributed by atoms with E-state index in [2.05, 4.69) is 5.32 Å². The van der Waals surface area contributed by atoms with Crippen LogP contribution in [0.4, 0.5) is 11.4 Å². The average molecular weight is 431 g/mol. The molecule has 3 rings (SSSR count). The number of nitrogens with zero attached hydrogens (tertiary/aromatic N) is 1. The number of hydrogen-bond acceptors (Lipinski definition) is 4. The van der Waals surface area contributed by atoms with Crippen LogP contribution in [0.1, 0.15) is 0 Å². The average Bonchev–Trinajstić information content (AvgIpc) is 2.69. The molecule has 0 bridgehead atoms. The first-order chi connectivity index (χ1) is 13.8. The van der Waals surface area contributed by atoms with Crippen LogP contribution in [0.5, 0.6) is 11.5 Å². The van der Waals surface area contributed by atoms with Gasteiger partial charge in [-0.2, -0.15) is 0 Å². The van der Waals surface area contributed by atoms with E-state index in [1.54, 1.807) is 48.5 Å². The Morgan fingerprint density at radius 1 is 0.931 bits per heavy atom. The summed E-state index contributed by atoms with van der Waals surface area (Å²) in [5.74, 6) is 0.754. The molecule has 1 N–H and O–H groups in total. The predicted octanol–water partition coefficient (Wildman–Crippen LogP) is 4.54. The summed E-state index contributed by atoms with van der Waals surface area (Å²) in [6.45, 7) is -0.361. The van der Waals surface area contributed by atoms with E-state index in [9.17, 15) is 13.2 Å². The zero-order valence-electron chi connectivity index (χ0n) is 15.6. The van der Waals surface area contributed by atoms with Gasteiger partial charge in [0, 0.05) is 10.7 Å². The van der Waals surface area contributed by atoms with Crippen molar-refractivity contribution in [3.8, 4) is 11.5 Å². The van der Waals surface area contributed by atoms with Gasteiger partial charge in [-0.1, -0.05) is 29.8 Å². The molecule has 3 aromatic rings. The molecular formula is C21H19ClN2O4S. The third-order valence-electron chi connectivity index (χ3n) is 3.92. The number of anilines is 2. The van der Waals surface area contributed by atoms with Gasteiger partial charge in [0.15, 0.2) is 0 Å². The number of ether oxygens (including phenoxy) is 1. The van der Waals surface area contributed by atoms with Crippen molar-refractivity contribution in [1.29, 1.82) is 0 Å². The molecule has 0 aliphatic carbocycles. The molecular weight excluding hydrogens is 412 g/mol. The molecule has 0 heterocycles. The Kier molecular flexibility index (Phi) is 6.41. The molecule has 0 spiro atoms. The van der Waals surface area contributed by atoms with E-state index in [4.69, 9.17) is 16.3 Å². The van der Waals surface area contributed by atoms with Crippen LogP contribution >= 0.6 is 11.6 Å². The Morgan fingerprint density at radius 3 is 2.10 bits per heavy atom. The lowest BCUT2D eigenvalue weighted by molar-refractivity contribution is -0.114. The summed E-state index contributed by atoms with van der Waals surface area (Å²) in [5, 5.41) is 3.20. The standard InChI is InChI=1S/C21H19ClN2O4S/c1-29(26,27)24(15-21(25)23-17-9-7-16(22)8-10-17)18-11-13-20(14-12-18)28-19-5-3-2-4-6-19/h2-14H,15H2,1H3,(H,23,25). The van der Waals surface area contributed by atoms with Crippen molar-refractivity contribution in [2.45, 2.75) is 0 Å². The Morgan fingerprint density at radius 2 is 1.52 bits per heavy atom. The Bertz CT molecular complexity index is 1070. The zero-order chi connectivity index (χ0) is 20.9. The van der Waals surface area contributed by atoms with Crippen LogP contribution in [0, 0.1) is 0 Å². The number of para-hydroxylation sites is 1. The number of amides is 1. The minimum atomic E-state index is -3.67. The van der Waals surface area contributed by atoms with Crippen LogP contribution in [0.2, 0.25) is 5.02 Å². The first-order valence-corrected chi connectivity index (χ1v) is 10.9. The van der Waals surface area contributed by atoms with Crippen LogP contribution in [0.25, 0.3) is 0 Å². The molecule has 0 fully saturated rings. The first kappa shape index (κ1) is 20.7. The Balaban J connectivity index is 1.73. The number of sulfonamides is 1. The highest BCUT2D eigenvalue weighted by atomic mass is 35.5. The molecule has 6 nitrogen and oxygen atoms in total. The third-order valence-corrected chi connectivity index (χ3v) is 5.31. The van der Waals surface area contributed by atoms with Gasteiger partial charge in [-0.15, -0.1) is 0 Å². The lowest BCUT2D eigenvalue weighted by atomic mass is 10.3. The summed E-state index contributed by atoms with van der Waals surface area (Å²) in [6.07, 6.45) is 1.05. The van der Waals surface area contributed by atoms with Crippen molar-refractivity contribution in [3.63, 3.8) is 0 Å². The van der Waals surface area contributed by atoms with Crippen molar-refractivity contribution in [1.82, 2.24) is 0 Å². The van der Waals surface area contributed by atoms with E-state index in [0.717, 1.165) is 10.6 Å². The molecule has 0 saturated carbocycles. The minimum Gasteiger partial charge on any atom is -0.457 e. The third kappa shape index (κ3) is 5.97. The van der Waals surface area contributed by atoms with E-state index < -0.39 is 15.9 Å². The number of carbonyl (C=O) groups is 1. The van der Waals surface area contributed by atoms with Gasteiger partial charge in [-0.3, -0.25) is 9.10 Å². The largest absolute Gasteiger partial charge is 0.457 e. The van der Waals surface area contributed by atoms with E-state index in [-0.39, 0.29) is 6.54 Å². The van der Waals surface area contributed by atoms with Crippen LogP contribution in [0.3, 0.4) is 0 Å². The normalized spacial score (nSPS) is 11.0. The van der Waals surface area contributed by atoms with Crippen LogP contribution in [0.15, 0.2) is 78.9 Å². The number of rotatable bonds is 7. The Labute approximate surface area is 174 Å². The molecule has 8 heteroatoms. The van der Waals surface area contributed by atoms with E-state index in [0.29, 0.717) is 27.9 Å². The highest BCUT2D eigenvalue weighted by Gasteiger charge is 2.21. The van der Waals surface area contributed by atoms with Gasteiger partial charge in [-0.25, -0.2) is 8.42 Å². The molecule has 0 unspecified atom stereocenters. The maximum absolute atomic E-state index is 12.4. The summed E-state index contributed by atoms with van der Waals surface area (Å²) < 4.78 is 31.2. The summed E-state index contributed by atoms with van der Waals surface area (Å²) in [5.41, 5.74) is 0.888. The fraction of sp³-hybridized carbons (Fsp3) is 0.0952. The summed E-state index contributed by atoms with van der Waals surface area (Å²) in [6, 6.07) is 22.3. The molecule has 0 aliphatic heterocycles. The summed E-state index contributed by atoms with van der Waals surface area (Å²) >= 11 is 5.83. The first-order valence-electron chi connectivity index (χ1n) is 8.67. The molecule has 150 valence electrons. The van der Waals surface area contributed by atoms with Gasteiger partial charge in [0.05, 0.1) is 11.9 Å². The van der Waals surface area contributed by atoms with E-state index >= 15 is 0 Å². The highest BCUT2D eigenvalue weighted by Crippen LogP contribution is 2.25. The van der Waals surface area contributed by atoms with Crippen molar-refractivity contribution < 1.29 is 17.9 Å². The number of halogens is 1. The minimum absolute atomic E-state index is 0.360. The lowest BCUT2D eigenvalue weighted by Gasteiger charge is -2.22. The SMILES string of the molecule is CS(=O)(=O)N(CC(=O)Nc1ccc(Cl)cc1)c1ccc(Oc2ccccc2)cc1. The van der Waals surface area contributed by atoms with E-state index in [1.165, 1.54) is 0 Å². The zero-order valence-corrected chi connectivity index (χ0v) is 17.2. The second kappa shape index (κ2) is 8.98. The van der Waals surface area contributed by atoms with Gasteiger partial charge in [0.2, 0.25) is 15.9 Å². The fourth-order valence-electron chi connectivity index (χ4n) is 2.57. The van der Waals surface area contributed by atoms with Crippen LogP contribution in [-0.4, -0.2) is 27.1 Å². The van der Waals surface area contributed by atoms with Crippen molar-refractivity contribution in [3.05, 3.63) is 83.9 Å². The maximum atomic E-state index is 12.4. The van der Waals surface area contributed by atoms with Crippen LogP contribution in [-0.2, 0) is 14.8 Å². The van der Waals surface area contributed by atoms with Crippen molar-refractivity contribution in [2.75, 3.05) is 22.4 Å². The number of nitrogens with one attached hydrogen (secondary N) is 1. The predicted molar refractivity (Wildman–Crippen MR) is 115 cm³/mol. The summed E-state index contributed by atoms with van der Waals surface area (Å²) in [4.78, 5) is 12.4. The van der Waals surface area contributed by atoms with Gasteiger partial charge in [-0.05, 0) is 60.7 Å². The maximum Gasteiger partial charge on any atom is 0.245 e. The smallest absolute Gasteiger partial charge is 0.245 e. The number of carbonyl (C=O) groups excluding carboxylic acids is 1. The fourth-order valence-corrected chi connectivity index (χ4v) is 3.55. The van der Waals surface area contributed by atoms with E-state index in [1.807, 2.05) is 30.3 Å². The van der Waals surface area contributed by atoms with Gasteiger partial charge < -0.3 is 10.1 Å². The molecule has 1 amide bonds. The number of hydrogen-bond donors (Lipinski definition) is 1. The molecule has 3 aromatic carbocycles. The molecule has 0 aromatic heterocycles. The van der Waals surface area contributed by atoms with Gasteiger partial charge >= 0.3 is 0 Å². The molecule has 0 aliphatic rings. The van der Waals surface area contributed by atoms with Crippen molar-refractivity contribution >= 4 is 38.9 Å². The second-order valence-corrected chi connectivity index (χ2v) is 8.58. The molecule has 0 atom stereocenters. The molecule has 0 radical (unpaired) electrons.